The number of hydrogen-bond donors (Lipinski definition) is 0. The molecule has 0 N–H and O–H groups in total. The number of carbonyl (C=O) groups excluding carboxylic acids is 2. The maximum Gasteiger partial charge on any atom is 0.253 e. The van der Waals surface area contributed by atoms with Crippen molar-refractivity contribution in [3.63, 3.8) is 0 Å². The van der Waals surface area contributed by atoms with Crippen LogP contribution in [0.4, 0.5) is 0 Å². The Bertz CT molecular complexity index is 839. The Morgan fingerprint density at radius 3 is 2.30 bits per heavy atom. The normalized spacial score (nSPS) is 22.3. The summed E-state index contributed by atoms with van der Waals surface area (Å²) in [5.41, 5.74) is 1.78. The molecule has 0 spiro atoms. The van der Waals surface area contributed by atoms with E-state index in [0.717, 1.165) is 23.4 Å². The third-order valence-electron chi connectivity index (χ3n) is 5.53. The van der Waals surface area contributed by atoms with E-state index in [9.17, 15) is 9.59 Å². The minimum Gasteiger partial charge on any atom is -0.341 e. The monoisotopic (exact) mass is 382 g/mol. The average Bonchev–Trinajstić information content (AvgIpc) is 3.51. The van der Waals surface area contributed by atoms with Crippen LogP contribution >= 0.6 is 11.6 Å². The van der Waals surface area contributed by atoms with Crippen molar-refractivity contribution < 1.29 is 9.59 Å². The molecular weight excluding hydrogens is 360 g/mol. The van der Waals surface area contributed by atoms with Crippen LogP contribution in [0.2, 0.25) is 5.02 Å². The Morgan fingerprint density at radius 2 is 1.52 bits per heavy atom. The standard InChI is InChI=1S/C22H23ClN2O2/c23-20-10-5-4-9-17(20)18-15-19(18)22(27)25-12-6-11-24(13-14-25)21(26)16-7-2-1-3-8-16/h1-5,7-10,18-19H,6,11-15H2. The van der Waals surface area contributed by atoms with E-state index in [1.807, 2.05) is 64.4 Å². The number of rotatable bonds is 3. The van der Waals surface area contributed by atoms with E-state index in [0.29, 0.717) is 31.7 Å². The topological polar surface area (TPSA) is 40.6 Å². The van der Waals surface area contributed by atoms with Gasteiger partial charge in [0.25, 0.3) is 5.91 Å². The van der Waals surface area contributed by atoms with Gasteiger partial charge < -0.3 is 9.80 Å². The van der Waals surface area contributed by atoms with Gasteiger partial charge in [-0.05, 0) is 42.5 Å². The lowest BCUT2D eigenvalue weighted by Crippen LogP contribution is -2.38. The lowest BCUT2D eigenvalue weighted by atomic mass is 10.1. The molecule has 2 atom stereocenters. The molecule has 2 aliphatic rings. The third-order valence-corrected chi connectivity index (χ3v) is 5.87. The number of benzene rings is 2. The van der Waals surface area contributed by atoms with Crippen LogP contribution in [-0.4, -0.2) is 47.8 Å². The number of amides is 2. The molecule has 1 aliphatic carbocycles. The molecule has 4 nitrogen and oxygen atoms in total. The van der Waals surface area contributed by atoms with Crippen molar-refractivity contribution in [2.75, 3.05) is 26.2 Å². The fourth-order valence-corrected chi connectivity index (χ4v) is 4.20. The van der Waals surface area contributed by atoms with Gasteiger partial charge in [0.2, 0.25) is 5.91 Å². The van der Waals surface area contributed by atoms with Gasteiger partial charge in [-0.25, -0.2) is 0 Å². The van der Waals surface area contributed by atoms with Gasteiger partial charge in [-0.15, -0.1) is 0 Å². The van der Waals surface area contributed by atoms with Crippen LogP contribution < -0.4 is 0 Å². The van der Waals surface area contributed by atoms with Crippen molar-refractivity contribution in [3.05, 3.63) is 70.7 Å². The molecule has 2 aromatic carbocycles. The van der Waals surface area contributed by atoms with Crippen molar-refractivity contribution in [3.8, 4) is 0 Å². The molecule has 1 saturated heterocycles. The predicted molar refractivity (Wildman–Crippen MR) is 106 cm³/mol. The predicted octanol–water partition coefficient (Wildman–Crippen LogP) is 3.82. The molecule has 2 aromatic rings. The Labute approximate surface area is 164 Å². The van der Waals surface area contributed by atoms with Crippen LogP contribution in [-0.2, 0) is 4.79 Å². The maximum atomic E-state index is 12.9. The first-order valence-electron chi connectivity index (χ1n) is 9.52. The molecule has 140 valence electrons. The molecule has 2 fully saturated rings. The number of nitrogens with zero attached hydrogens (tertiary/aromatic N) is 2. The molecule has 4 rings (SSSR count). The molecule has 2 unspecified atom stereocenters. The van der Waals surface area contributed by atoms with Crippen LogP contribution in [0.5, 0.6) is 0 Å². The van der Waals surface area contributed by atoms with E-state index >= 15 is 0 Å². The van der Waals surface area contributed by atoms with Crippen LogP contribution in [0.25, 0.3) is 0 Å². The zero-order valence-corrected chi connectivity index (χ0v) is 15.9. The average molecular weight is 383 g/mol. The highest BCUT2D eigenvalue weighted by atomic mass is 35.5. The SMILES string of the molecule is O=C(c1ccccc1)N1CCCN(C(=O)C2CC2c2ccccc2Cl)CC1. The number of halogens is 1. The molecule has 27 heavy (non-hydrogen) atoms. The molecule has 1 saturated carbocycles. The summed E-state index contributed by atoms with van der Waals surface area (Å²) >= 11 is 6.28. The minimum absolute atomic E-state index is 0.0290. The Morgan fingerprint density at radius 1 is 0.852 bits per heavy atom. The quantitative estimate of drug-likeness (QED) is 0.809. The van der Waals surface area contributed by atoms with E-state index < -0.39 is 0 Å². The van der Waals surface area contributed by atoms with Gasteiger partial charge in [-0.2, -0.15) is 0 Å². The summed E-state index contributed by atoms with van der Waals surface area (Å²) in [6, 6.07) is 17.1. The molecule has 0 aromatic heterocycles. The molecule has 0 bridgehead atoms. The lowest BCUT2D eigenvalue weighted by Gasteiger charge is -2.22. The molecule has 0 radical (unpaired) electrons. The highest BCUT2D eigenvalue weighted by molar-refractivity contribution is 6.31. The first kappa shape index (κ1) is 18.1. The highest BCUT2D eigenvalue weighted by Gasteiger charge is 2.46. The zero-order valence-electron chi connectivity index (χ0n) is 15.2. The summed E-state index contributed by atoms with van der Waals surface area (Å²) in [4.78, 5) is 29.4. The van der Waals surface area contributed by atoms with E-state index in [4.69, 9.17) is 11.6 Å². The second-order valence-electron chi connectivity index (χ2n) is 7.31. The second-order valence-corrected chi connectivity index (χ2v) is 7.71. The Kier molecular flexibility index (Phi) is 5.17. The van der Waals surface area contributed by atoms with Crippen molar-refractivity contribution >= 4 is 23.4 Å². The fraction of sp³-hybridized carbons (Fsp3) is 0.364. The van der Waals surface area contributed by atoms with Crippen LogP contribution in [0.15, 0.2) is 54.6 Å². The summed E-state index contributed by atoms with van der Waals surface area (Å²) < 4.78 is 0. The van der Waals surface area contributed by atoms with E-state index in [2.05, 4.69) is 0 Å². The van der Waals surface area contributed by atoms with Crippen LogP contribution in [0.1, 0.15) is 34.7 Å². The zero-order chi connectivity index (χ0) is 18.8. The minimum atomic E-state index is 0.0290. The van der Waals surface area contributed by atoms with Crippen molar-refractivity contribution in [2.45, 2.75) is 18.8 Å². The first-order valence-corrected chi connectivity index (χ1v) is 9.90. The second kappa shape index (κ2) is 7.73. The summed E-state index contributed by atoms with van der Waals surface area (Å²) in [5, 5.41) is 0.744. The summed E-state index contributed by atoms with van der Waals surface area (Å²) in [6.45, 7) is 2.59. The molecular formula is C22H23ClN2O2. The number of hydrogen-bond acceptors (Lipinski definition) is 2. The third kappa shape index (κ3) is 3.86. The highest BCUT2D eigenvalue weighted by Crippen LogP contribution is 2.50. The molecule has 5 heteroatoms. The van der Waals surface area contributed by atoms with E-state index in [1.165, 1.54) is 0 Å². The summed E-state index contributed by atoms with van der Waals surface area (Å²) in [6.07, 6.45) is 1.68. The van der Waals surface area contributed by atoms with Crippen molar-refractivity contribution in [1.82, 2.24) is 9.80 Å². The van der Waals surface area contributed by atoms with Gasteiger partial charge in [0.15, 0.2) is 0 Å². The van der Waals surface area contributed by atoms with Crippen LogP contribution in [0.3, 0.4) is 0 Å². The Hall–Kier alpha value is -2.33. The molecule has 2 amide bonds. The Balaban J connectivity index is 1.37. The van der Waals surface area contributed by atoms with E-state index in [1.54, 1.807) is 0 Å². The summed E-state index contributed by atoms with van der Waals surface area (Å²) in [7, 11) is 0. The van der Waals surface area contributed by atoms with E-state index in [-0.39, 0.29) is 23.7 Å². The first-order chi connectivity index (χ1) is 13.1. The van der Waals surface area contributed by atoms with Gasteiger partial charge in [-0.3, -0.25) is 9.59 Å². The van der Waals surface area contributed by atoms with Gasteiger partial charge in [0, 0.05) is 42.7 Å². The fourth-order valence-electron chi connectivity index (χ4n) is 3.93. The number of carbonyl (C=O) groups is 2. The summed E-state index contributed by atoms with van der Waals surface area (Å²) in [5.74, 6) is 0.511. The molecule has 1 aliphatic heterocycles. The maximum absolute atomic E-state index is 12.9. The van der Waals surface area contributed by atoms with Crippen LogP contribution in [0, 0.1) is 5.92 Å². The van der Waals surface area contributed by atoms with Gasteiger partial charge in [0.1, 0.15) is 0 Å². The van der Waals surface area contributed by atoms with Gasteiger partial charge in [0.05, 0.1) is 0 Å². The van der Waals surface area contributed by atoms with Gasteiger partial charge in [-0.1, -0.05) is 48.0 Å². The van der Waals surface area contributed by atoms with Gasteiger partial charge >= 0.3 is 0 Å². The van der Waals surface area contributed by atoms with Crippen molar-refractivity contribution in [1.29, 1.82) is 0 Å². The largest absolute Gasteiger partial charge is 0.341 e. The van der Waals surface area contributed by atoms with Crippen molar-refractivity contribution in [2.24, 2.45) is 5.92 Å². The lowest BCUT2D eigenvalue weighted by molar-refractivity contribution is -0.132. The smallest absolute Gasteiger partial charge is 0.253 e. The molecule has 1 heterocycles.